The van der Waals surface area contributed by atoms with Gasteiger partial charge in [0.2, 0.25) is 0 Å². The second-order valence-electron chi connectivity index (χ2n) is 3.39. The van der Waals surface area contributed by atoms with Gasteiger partial charge in [0.25, 0.3) is 5.91 Å². The fourth-order valence-electron chi connectivity index (χ4n) is 1.36. The minimum Gasteiger partial charge on any atom is -0.384 e. The van der Waals surface area contributed by atoms with E-state index in [4.69, 9.17) is 4.74 Å². The van der Waals surface area contributed by atoms with Gasteiger partial charge in [0.15, 0.2) is 9.84 Å². The van der Waals surface area contributed by atoms with Gasteiger partial charge in [0.1, 0.15) is 0 Å². The second-order valence-corrected chi connectivity index (χ2v) is 5.46. The SMILES string of the molecule is CNC(=O)c1ccccc1S(=O)(=O)CCOC. The van der Waals surface area contributed by atoms with E-state index in [1.165, 1.54) is 26.3 Å². The van der Waals surface area contributed by atoms with Crippen molar-refractivity contribution >= 4 is 15.7 Å². The van der Waals surface area contributed by atoms with Crippen LogP contribution in [0.1, 0.15) is 10.4 Å². The van der Waals surface area contributed by atoms with Crippen molar-refractivity contribution in [3.63, 3.8) is 0 Å². The first kappa shape index (κ1) is 13.7. The predicted octanol–water partition coefficient (Wildman–Crippen LogP) is 0.466. The number of ether oxygens (including phenoxy) is 1. The molecule has 0 heterocycles. The van der Waals surface area contributed by atoms with E-state index in [-0.39, 0.29) is 22.8 Å². The maximum absolute atomic E-state index is 12.0. The molecule has 1 N–H and O–H groups in total. The zero-order valence-corrected chi connectivity index (χ0v) is 10.6. The Kier molecular flexibility index (Phi) is 4.65. The van der Waals surface area contributed by atoms with Crippen molar-refractivity contribution < 1.29 is 17.9 Å². The molecule has 0 fully saturated rings. The lowest BCUT2D eigenvalue weighted by atomic mass is 10.2. The summed E-state index contributed by atoms with van der Waals surface area (Å²) < 4.78 is 28.7. The molecule has 0 unspecified atom stereocenters. The van der Waals surface area contributed by atoms with E-state index in [1.54, 1.807) is 12.1 Å². The van der Waals surface area contributed by atoms with Crippen LogP contribution in [0.5, 0.6) is 0 Å². The molecule has 1 rings (SSSR count). The zero-order chi connectivity index (χ0) is 12.9. The third-order valence-electron chi connectivity index (χ3n) is 2.25. The smallest absolute Gasteiger partial charge is 0.252 e. The van der Waals surface area contributed by atoms with Crippen molar-refractivity contribution in [2.45, 2.75) is 4.90 Å². The first-order valence-electron chi connectivity index (χ1n) is 5.05. The Labute approximate surface area is 101 Å². The Balaban J connectivity index is 3.17. The molecular weight excluding hydrogens is 242 g/mol. The first-order chi connectivity index (χ1) is 8.03. The normalized spacial score (nSPS) is 11.2. The summed E-state index contributed by atoms with van der Waals surface area (Å²) in [5, 5.41) is 2.42. The predicted molar refractivity (Wildman–Crippen MR) is 63.8 cm³/mol. The van der Waals surface area contributed by atoms with E-state index >= 15 is 0 Å². The van der Waals surface area contributed by atoms with Crippen molar-refractivity contribution in [3.05, 3.63) is 29.8 Å². The first-order valence-corrected chi connectivity index (χ1v) is 6.71. The van der Waals surface area contributed by atoms with Crippen molar-refractivity contribution in [3.8, 4) is 0 Å². The number of carbonyl (C=O) groups is 1. The highest BCUT2D eigenvalue weighted by atomic mass is 32.2. The van der Waals surface area contributed by atoms with Crippen LogP contribution >= 0.6 is 0 Å². The maximum atomic E-state index is 12.0. The van der Waals surface area contributed by atoms with Gasteiger partial charge in [-0.15, -0.1) is 0 Å². The summed E-state index contributed by atoms with van der Waals surface area (Å²) in [6.07, 6.45) is 0. The van der Waals surface area contributed by atoms with E-state index in [0.717, 1.165) is 0 Å². The molecule has 0 saturated carbocycles. The van der Waals surface area contributed by atoms with Crippen LogP contribution in [-0.4, -0.2) is 40.8 Å². The summed E-state index contributed by atoms with van der Waals surface area (Å²) in [6, 6.07) is 6.13. The fraction of sp³-hybridized carbons (Fsp3) is 0.364. The number of nitrogens with one attached hydrogen (secondary N) is 1. The molecule has 0 aliphatic rings. The van der Waals surface area contributed by atoms with Crippen LogP contribution in [-0.2, 0) is 14.6 Å². The standard InChI is InChI=1S/C11H15NO4S/c1-12-11(13)9-5-3-4-6-10(9)17(14,15)8-7-16-2/h3-6H,7-8H2,1-2H3,(H,12,13). The third-order valence-corrected chi connectivity index (χ3v) is 3.98. The van der Waals surface area contributed by atoms with Crippen molar-refractivity contribution in [1.82, 2.24) is 5.32 Å². The molecular formula is C11H15NO4S. The Hall–Kier alpha value is -1.40. The van der Waals surface area contributed by atoms with Gasteiger partial charge in [-0.2, -0.15) is 0 Å². The molecule has 0 spiro atoms. The molecule has 0 radical (unpaired) electrons. The molecule has 0 aromatic heterocycles. The minimum absolute atomic E-state index is 0.0383. The molecule has 6 heteroatoms. The lowest BCUT2D eigenvalue weighted by Crippen LogP contribution is -2.22. The Morgan fingerprint density at radius 2 is 2.00 bits per heavy atom. The van der Waals surface area contributed by atoms with E-state index in [0.29, 0.717) is 0 Å². The molecule has 0 bridgehead atoms. The van der Waals surface area contributed by atoms with Crippen LogP contribution in [0, 0.1) is 0 Å². The lowest BCUT2D eigenvalue weighted by Gasteiger charge is -2.08. The van der Waals surface area contributed by atoms with Crippen molar-refractivity contribution in [2.24, 2.45) is 0 Å². The topological polar surface area (TPSA) is 72.5 Å². The van der Waals surface area contributed by atoms with Crippen LogP contribution in [0.15, 0.2) is 29.2 Å². The van der Waals surface area contributed by atoms with E-state index in [1.807, 2.05) is 0 Å². The molecule has 0 aliphatic carbocycles. The summed E-state index contributed by atoms with van der Waals surface area (Å²) >= 11 is 0. The average molecular weight is 257 g/mol. The van der Waals surface area contributed by atoms with Gasteiger partial charge < -0.3 is 10.1 Å². The molecule has 0 aliphatic heterocycles. The number of sulfone groups is 1. The van der Waals surface area contributed by atoms with E-state index in [9.17, 15) is 13.2 Å². The molecule has 1 aromatic carbocycles. The highest BCUT2D eigenvalue weighted by Crippen LogP contribution is 2.16. The Morgan fingerprint density at radius 1 is 1.35 bits per heavy atom. The average Bonchev–Trinajstić information content (AvgIpc) is 2.35. The highest BCUT2D eigenvalue weighted by molar-refractivity contribution is 7.91. The van der Waals surface area contributed by atoms with Gasteiger partial charge >= 0.3 is 0 Å². The molecule has 94 valence electrons. The molecule has 5 nitrogen and oxygen atoms in total. The van der Waals surface area contributed by atoms with E-state index < -0.39 is 15.7 Å². The molecule has 0 saturated heterocycles. The van der Waals surface area contributed by atoms with Crippen LogP contribution in [0.2, 0.25) is 0 Å². The number of rotatable bonds is 5. The van der Waals surface area contributed by atoms with E-state index in [2.05, 4.69) is 5.32 Å². The van der Waals surface area contributed by atoms with Crippen LogP contribution < -0.4 is 5.32 Å². The molecule has 17 heavy (non-hydrogen) atoms. The minimum atomic E-state index is -3.49. The Bertz CT molecular complexity index is 496. The molecule has 1 amide bonds. The zero-order valence-electron chi connectivity index (χ0n) is 9.76. The van der Waals surface area contributed by atoms with Crippen LogP contribution in [0.3, 0.4) is 0 Å². The van der Waals surface area contributed by atoms with Crippen molar-refractivity contribution in [2.75, 3.05) is 26.5 Å². The number of hydrogen-bond donors (Lipinski definition) is 1. The maximum Gasteiger partial charge on any atom is 0.252 e. The number of methoxy groups -OCH3 is 1. The highest BCUT2D eigenvalue weighted by Gasteiger charge is 2.21. The van der Waals surface area contributed by atoms with Gasteiger partial charge in [-0.3, -0.25) is 4.79 Å². The molecule has 1 aromatic rings. The fourth-order valence-corrected chi connectivity index (χ4v) is 2.75. The Morgan fingerprint density at radius 3 is 2.59 bits per heavy atom. The quantitative estimate of drug-likeness (QED) is 0.832. The van der Waals surface area contributed by atoms with Gasteiger partial charge in [0.05, 0.1) is 22.8 Å². The van der Waals surface area contributed by atoms with Gasteiger partial charge in [-0.05, 0) is 12.1 Å². The second kappa shape index (κ2) is 5.79. The van der Waals surface area contributed by atoms with Gasteiger partial charge in [0, 0.05) is 14.2 Å². The summed E-state index contributed by atoms with van der Waals surface area (Å²) in [6.45, 7) is 0.102. The number of carbonyl (C=O) groups excluding carboxylic acids is 1. The summed E-state index contributed by atoms with van der Waals surface area (Å²) in [7, 11) is -0.604. The van der Waals surface area contributed by atoms with Gasteiger partial charge in [-0.25, -0.2) is 8.42 Å². The summed E-state index contributed by atoms with van der Waals surface area (Å²) in [5.41, 5.74) is 0.158. The monoisotopic (exact) mass is 257 g/mol. The summed E-state index contributed by atoms with van der Waals surface area (Å²) in [4.78, 5) is 11.6. The van der Waals surface area contributed by atoms with Gasteiger partial charge in [-0.1, -0.05) is 12.1 Å². The summed E-state index contributed by atoms with van der Waals surface area (Å²) in [5.74, 6) is -0.557. The number of hydrogen-bond acceptors (Lipinski definition) is 4. The third kappa shape index (κ3) is 3.28. The lowest BCUT2D eigenvalue weighted by molar-refractivity contribution is 0.0960. The number of benzene rings is 1. The number of amides is 1. The van der Waals surface area contributed by atoms with Crippen LogP contribution in [0.25, 0.3) is 0 Å². The van der Waals surface area contributed by atoms with Crippen LogP contribution in [0.4, 0.5) is 0 Å². The molecule has 0 atom stereocenters. The van der Waals surface area contributed by atoms with Crippen molar-refractivity contribution in [1.29, 1.82) is 0 Å². The largest absolute Gasteiger partial charge is 0.384 e.